The number of β-amino-alcohol motifs (C(OH)–C–C–N with tert-alkyl or cyclic N) is 1. The van der Waals surface area contributed by atoms with E-state index in [9.17, 15) is 20.4 Å². The number of nitrogens with zero attached hydrogens (tertiary/aromatic N) is 1. The van der Waals surface area contributed by atoms with Gasteiger partial charge in [-0.15, -0.1) is 12.4 Å². The molecule has 25 heavy (non-hydrogen) atoms. The SMILES string of the molecule is Cl.OCCN1CCc2c(cc(O)c(O)c2Cl)C(c2ccc(O)cc2)C1. The van der Waals surface area contributed by atoms with Crippen LogP contribution in [0.4, 0.5) is 0 Å². The van der Waals surface area contributed by atoms with Crippen molar-refractivity contribution in [2.75, 3.05) is 26.2 Å². The second-order valence-electron chi connectivity index (χ2n) is 6.04. The van der Waals surface area contributed by atoms with Crippen LogP contribution in [0.3, 0.4) is 0 Å². The predicted molar refractivity (Wildman–Crippen MR) is 99.2 cm³/mol. The van der Waals surface area contributed by atoms with Crippen LogP contribution in [-0.4, -0.2) is 51.6 Å². The summed E-state index contributed by atoms with van der Waals surface area (Å²) in [5.41, 5.74) is 2.65. The van der Waals surface area contributed by atoms with Crippen molar-refractivity contribution in [3.05, 3.63) is 52.0 Å². The Morgan fingerprint density at radius 2 is 1.80 bits per heavy atom. The van der Waals surface area contributed by atoms with E-state index < -0.39 is 0 Å². The van der Waals surface area contributed by atoms with Gasteiger partial charge in [-0.25, -0.2) is 0 Å². The summed E-state index contributed by atoms with van der Waals surface area (Å²) in [6, 6.07) is 8.49. The molecule has 2 aromatic carbocycles. The minimum atomic E-state index is -0.296. The first-order valence-electron chi connectivity index (χ1n) is 7.86. The van der Waals surface area contributed by atoms with Crippen LogP contribution in [0.25, 0.3) is 0 Å². The molecular weight excluding hydrogens is 365 g/mol. The molecule has 0 amide bonds. The number of fused-ring (bicyclic) bond motifs is 1. The fourth-order valence-electron chi connectivity index (χ4n) is 3.30. The van der Waals surface area contributed by atoms with E-state index in [0.717, 1.165) is 16.7 Å². The molecule has 4 N–H and O–H groups in total. The Balaban J connectivity index is 0.00000225. The van der Waals surface area contributed by atoms with E-state index in [1.54, 1.807) is 18.2 Å². The Morgan fingerprint density at radius 3 is 2.44 bits per heavy atom. The van der Waals surface area contributed by atoms with Gasteiger partial charge in [-0.2, -0.15) is 0 Å². The second-order valence-corrected chi connectivity index (χ2v) is 6.42. The summed E-state index contributed by atoms with van der Waals surface area (Å²) in [5.74, 6) is -0.432. The van der Waals surface area contributed by atoms with Crippen molar-refractivity contribution in [1.29, 1.82) is 0 Å². The average molecular weight is 386 g/mol. The van der Waals surface area contributed by atoms with E-state index in [0.29, 0.717) is 26.1 Å². The number of benzene rings is 2. The number of halogens is 2. The molecule has 2 aromatic rings. The summed E-state index contributed by atoms with van der Waals surface area (Å²) in [4.78, 5) is 2.13. The number of phenols is 3. The molecule has 1 atom stereocenters. The van der Waals surface area contributed by atoms with Crippen molar-refractivity contribution in [3.63, 3.8) is 0 Å². The summed E-state index contributed by atoms with van der Waals surface area (Å²) in [5, 5.41) is 38.9. The van der Waals surface area contributed by atoms with Crippen LogP contribution in [0.15, 0.2) is 30.3 Å². The third kappa shape index (κ3) is 3.96. The number of rotatable bonds is 3. The van der Waals surface area contributed by atoms with Crippen molar-refractivity contribution in [2.24, 2.45) is 0 Å². The molecule has 0 spiro atoms. The maximum atomic E-state index is 10.00. The van der Waals surface area contributed by atoms with Gasteiger partial charge in [0, 0.05) is 25.6 Å². The Bertz CT molecular complexity index is 737. The highest BCUT2D eigenvalue weighted by molar-refractivity contribution is 6.33. The summed E-state index contributed by atoms with van der Waals surface area (Å²) >= 11 is 6.27. The number of aromatic hydroxyl groups is 3. The lowest BCUT2D eigenvalue weighted by Gasteiger charge is -2.25. The van der Waals surface area contributed by atoms with E-state index >= 15 is 0 Å². The molecule has 5 nitrogen and oxygen atoms in total. The van der Waals surface area contributed by atoms with Gasteiger partial charge in [0.15, 0.2) is 11.5 Å². The minimum absolute atomic E-state index is 0. The summed E-state index contributed by atoms with van der Waals surface area (Å²) in [7, 11) is 0. The van der Waals surface area contributed by atoms with Gasteiger partial charge in [-0.1, -0.05) is 23.7 Å². The molecule has 0 saturated carbocycles. The molecule has 1 aliphatic rings. The number of phenolic OH excluding ortho intramolecular Hbond substituents is 3. The largest absolute Gasteiger partial charge is 0.508 e. The van der Waals surface area contributed by atoms with Crippen molar-refractivity contribution >= 4 is 24.0 Å². The Morgan fingerprint density at radius 1 is 1.12 bits per heavy atom. The van der Waals surface area contributed by atoms with Crippen molar-refractivity contribution < 1.29 is 20.4 Å². The molecule has 7 heteroatoms. The molecule has 0 saturated heterocycles. The fourth-order valence-corrected chi connectivity index (χ4v) is 3.60. The van der Waals surface area contributed by atoms with Gasteiger partial charge in [0.2, 0.25) is 0 Å². The van der Waals surface area contributed by atoms with Crippen molar-refractivity contribution in [3.8, 4) is 17.2 Å². The van der Waals surface area contributed by atoms with E-state index in [4.69, 9.17) is 11.6 Å². The lowest BCUT2D eigenvalue weighted by atomic mass is 9.87. The predicted octanol–water partition coefficient (Wildman–Crippen LogP) is 2.86. The smallest absolute Gasteiger partial charge is 0.176 e. The van der Waals surface area contributed by atoms with Crippen LogP contribution in [-0.2, 0) is 6.42 Å². The summed E-state index contributed by atoms with van der Waals surface area (Å²) < 4.78 is 0. The van der Waals surface area contributed by atoms with E-state index in [1.165, 1.54) is 0 Å². The number of hydrogen-bond acceptors (Lipinski definition) is 5. The monoisotopic (exact) mass is 385 g/mol. The maximum absolute atomic E-state index is 10.00. The zero-order chi connectivity index (χ0) is 17.3. The van der Waals surface area contributed by atoms with E-state index in [-0.39, 0.29) is 47.2 Å². The molecule has 1 heterocycles. The minimum Gasteiger partial charge on any atom is -0.508 e. The van der Waals surface area contributed by atoms with Gasteiger partial charge in [0.1, 0.15) is 5.75 Å². The first kappa shape index (κ1) is 19.7. The Kier molecular flexibility index (Phi) is 6.41. The zero-order valence-corrected chi connectivity index (χ0v) is 15.1. The molecule has 0 aliphatic carbocycles. The van der Waals surface area contributed by atoms with Crippen LogP contribution in [0, 0.1) is 0 Å². The van der Waals surface area contributed by atoms with Crippen LogP contribution < -0.4 is 0 Å². The van der Waals surface area contributed by atoms with E-state index in [1.807, 2.05) is 12.1 Å². The van der Waals surface area contributed by atoms with Crippen molar-refractivity contribution in [1.82, 2.24) is 4.90 Å². The van der Waals surface area contributed by atoms with Crippen LogP contribution in [0.5, 0.6) is 17.2 Å². The highest BCUT2D eigenvalue weighted by Crippen LogP contribution is 2.43. The molecule has 3 rings (SSSR count). The standard InChI is InChI=1S/C18H20ClNO4.ClH/c19-17-13-5-6-20(7-8-21)10-15(11-1-3-12(22)4-2-11)14(13)9-16(23)18(17)24;/h1-4,9,15,21-24H,5-8,10H2;1H. The first-order chi connectivity index (χ1) is 11.5. The number of aliphatic hydroxyl groups is 1. The first-order valence-corrected chi connectivity index (χ1v) is 8.24. The fraction of sp³-hybridized carbons (Fsp3) is 0.333. The van der Waals surface area contributed by atoms with Crippen molar-refractivity contribution in [2.45, 2.75) is 12.3 Å². The molecular formula is C18H21Cl2NO4. The molecule has 1 unspecified atom stereocenters. The van der Waals surface area contributed by atoms with Crippen LogP contribution in [0.1, 0.15) is 22.6 Å². The molecule has 136 valence electrons. The van der Waals surface area contributed by atoms with Crippen LogP contribution >= 0.6 is 24.0 Å². The lowest BCUT2D eigenvalue weighted by molar-refractivity contribution is 0.197. The van der Waals surface area contributed by atoms with Gasteiger partial charge in [-0.3, -0.25) is 4.90 Å². The topological polar surface area (TPSA) is 84.2 Å². The normalized spacial score (nSPS) is 17.4. The molecule has 0 fully saturated rings. The summed E-state index contributed by atoms with van der Waals surface area (Å²) in [6.07, 6.45) is 0.622. The van der Waals surface area contributed by atoms with Gasteiger partial charge >= 0.3 is 0 Å². The molecule has 1 aliphatic heterocycles. The van der Waals surface area contributed by atoms with Gasteiger partial charge in [-0.05, 0) is 41.3 Å². The quantitative estimate of drug-likeness (QED) is 0.610. The highest BCUT2D eigenvalue weighted by Gasteiger charge is 2.28. The molecule has 0 aromatic heterocycles. The second kappa shape index (κ2) is 8.15. The van der Waals surface area contributed by atoms with Gasteiger partial charge in [0.25, 0.3) is 0 Å². The van der Waals surface area contributed by atoms with Gasteiger partial charge < -0.3 is 20.4 Å². The summed E-state index contributed by atoms with van der Waals surface area (Å²) in [6.45, 7) is 1.95. The third-order valence-electron chi connectivity index (χ3n) is 4.56. The zero-order valence-electron chi connectivity index (χ0n) is 13.5. The third-order valence-corrected chi connectivity index (χ3v) is 4.97. The van der Waals surface area contributed by atoms with E-state index in [2.05, 4.69) is 4.90 Å². The Labute approximate surface area is 157 Å². The molecule has 0 radical (unpaired) electrons. The average Bonchev–Trinajstić information content (AvgIpc) is 2.74. The Hall–Kier alpha value is -1.66. The van der Waals surface area contributed by atoms with Gasteiger partial charge in [0.05, 0.1) is 11.6 Å². The lowest BCUT2D eigenvalue weighted by Crippen LogP contribution is -2.31. The number of hydrogen-bond donors (Lipinski definition) is 4. The molecule has 0 bridgehead atoms. The van der Waals surface area contributed by atoms with Crippen LogP contribution in [0.2, 0.25) is 5.02 Å². The number of aliphatic hydroxyl groups excluding tert-OH is 1. The maximum Gasteiger partial charge on any atom is 0.176 e. The highest BCUT2D eigenvalue weighted by atomic mass is 35.5.